The van der Waals surface area contributed by atoms with Gasteiger partial charge in [0, 0.05) is 0 Å². The number of allylic oxidation sites excluding steroid dienone is 4. The van der Waals surface area contributed by atoms with E-state index in [1.807, 2.05) is 0 Å². The standard InChI is InChI=1S/C15H16O4/c1-11(19-15(17)13-8-4-5-9-13)10-18-14(16)12-6-2-3-7-12/h2-9,11-13H,10H2,1H3. The Kier molecular flexibility index (Phi) is 4.34. The molecular weight excluding hydrogens is 244 g/mol. The smallest absolute Gasteiger partial charge is 0.317 e. The van der Waals surface area contributed by atoms with Crippen molar-refractivity contribution >= 4 is 11.9 Å². The van der Waals surface area contributed by atoms with Crippen LogP contribution >= 0.6 is 0 Å². The number of carbonyl (C=O) groups excluding carboxylic acids is 2. The van der Waals surface area contributed by atoms with Crippen molar-refractivity contribution in [3.05, 3.63) is 48.6 Å². The lowest BCUT2D eigenvalue weighted by Crippen LogP contribution is -2.26. The van der Waals surface area contributed by atoms with E-state index in [2.05, 4.69) is 0 Å². The van der Waals surface area contributed by atoms with E-state index in [1.165, 1.54) is 0 Å². The molecule has 0 saturated heterocycles. The molecule has 0 aromatic carbocycles. The number of ether oxygens (including phenoxy) is 2. The Hall–Kier alpha value is -2.10. The summed E-state index contributed by atoms with van der Waals surface area (Å²) < 4.78 is 10.3. The first-order valence-corrected chi connectivity index (χ1v) is 6.24. The second kappa shape index (κ2) is 6.18. The Labute approximate surface area is 112 Å². The molecule has 0 saturated carbocycles. The zero-order chi connectivity index (χ0) is 13.7. The van der Waals surface area contributed by atoms with Crippen LogP contribution in [0.4, 0.5) is 0 Å². The summed E-state index contributed by atoms with van der Waals surface area (Å²) in [5.74, 6) is -1.29. The molecule has 4 nitrogen and oxygen atoms in total. The zero-order valence-electron chi connectivity index (χ0n) is 10.7. The van der Waals surface area contributed by atoms with Gasteiger partial charge >= 0.3 is 11.9 Å². The molecule has 4 heteroatoms. The highest BCUT2D eigenvalue weighted by atomic mass is 16.6. The summed E-state index contributed by atoms with van der Waals surface area (Å²) in [6.45, 7) is 1.77. The van der Waals surface area contributed by atoms with Crippen molar-refractivity contribution in [3.8, 4) is 0 Å². The van der Waals surface area contributed by atoms with E-state index in [4.69, 9.17) is 9.47 Å². The first-order valence-electron chi connectivity index (χ1n) is 6.24. The second-order valence-electron chi connectivity index (χ2n) is 4.47. The monoisotopic (exact) mass is 260 g/mol. The Bertz CT molecular complexity index is 447. The minimum absolute atomic E-state index is 0.0723. The Morgan fingerprint density at radius 2 is 1.42 bits per heavy atom. The van der Waals surface area contributed by atoms with E-state index in [9.17, 15) is 9.59 Å². The molecule has 0 fully saturated rings. The van der Waals surface area contributed by atoms with E-state index < -0.39 is 6.10 Å². The molecule has 0 radical (unpaired) electrons. The molecule has 2 aliphatic carbocycles. The fraction of sp³-hybridized carbons (Fsp3) is 0.333. The molecular formula is C15H16O4. The van der Waals surface area contributed by atoms with Crippen LogP contribution in [0.25, 0.3) is 0 Å². The van der Waals surface area contributed by atoms with E-state index in [0.29, 0.717) is 0 Å². The average Bonchev–Trinajstić information content (AvgIpc) is 3.07. The normalized spacial score (nSPS) is 19.0. The van der Waals surface area contributed by atoms with Crippen molar-refractivity contribution < 1.29 is 19.1 Å². The SMILES string of the molecule is CC(COC(=O)C1C=CC=C1)OC(=O)C1C=CC=C1. The van der Waals surface area contributed by atoms with Gasteiger partial charge in [0.15, 0.2) is 0 Å². The van der Waals surface area contributed by atoms with Gasteiger partial charge in [0.1, 0.15) is 12.7 Å². The van der Waals surface area contributed by atoms with Crippen LogP contribution in [0.15, 0.2) is 48.6 Å². The van der Waals surface area contributed by atoms with Gasteiger partial charge in [-0.05, 0) is 6.92 Å². The first-order chi connectivity index (χ1) is 9.16. The summed E-state index contributed by atoms with van der Waals surface area (Å²) >= 11 is 0. The molecule has 19 heavy (non-hydrogen) atoms. The predicted molar refractivity (Wildman–Crippen MR) is 70.1 cm³/mol. The van der Waals surface area contributed by atoms with Crippen LogP contribution in [0.2, 0.25) is 0 Å². The molecule has 2 rings (SSSR count). The molecule has 2 aliphatic rings. The zero-order valence-corrected chi connectivity index (χ0v) is 10.7. The van der Waals surface area contributed by atoms with Gasteiger partial charge in [-0.15, -0.1) is 0 Å². The van der Waals surface area contributed by atoms with E-state index >= 15 is 0 Å². The summed E-state index contributed by atoms with van der Waals surface area (Å²) in [5, 5.41) is 0. The van der Waals surface area contributed by atoms with E-state index in [0.717, 1.165) is 0 Å². The van der Waals surface area contributed by atoms with Crippen LogP contribution in [0.1, 0.15) is 6.92 Å². The molecule has 1 atom stereocenters. The molecule has 0 spiro atoms. The predicted octanol–water partition coefficient (Wildman–Crippen LogP) is 1.95. The fourth-order valence-corrected chi connectivity index (χ4v) is 1.78. The van der Waals surface area contributed by atoms with Gasteiger partial charge in [0.05, 0.1) is 11.8 Å². The summed E-state index contributed by atoms with van der Waals surface area (Å²) in [7, 11) is 0. The summed E-state index contributed by atoms with van der Waals surface area (Å²) in [5.41, 5.74) is 0. The molecule has 0 aromatic rings. The number of rotatable bonds is 5. The maximum absolute atomic E-state index is 11.7. The van der Waals surface area contributed by atoms with E-state index in [-0.39, 0.29) is 30.4 Å². The van der Waals surface area contributed by atoms with Gasteiger partial charge < -0.3 is 9.47 Å². The van der Waals surface area contributed by atoms with Gasteiger partial charge in [-0.1, -0.05) is 48.6 Å². The van der Waals surface area contributed by atoms with Crippen LogP contribution < -0.4 is 0 Å². The maximum Gasteiger partial charge on any atom is 0.317 e. The van der Waals surface area contributed by atoms with Gasteiger partial charge in [-0.3, -0.25) is 9.59 Å². The number of hydrogen-bond donors (Lipinski definition) is 0. The van der Waals surface area contributed by atoms with Crippen LogP contribution in [0.5, 0.6) is 0 Å². The van der Waals surface area contributed by atoms with Crippen molar-refractivity contribution in [1.29, 1.82) is 0 Å². The lowest BCUT2D eigenvalue weighted by atomic mass is 10.2. The molecule has 0 aromatic heterocycles. The number of esters is 2. The highest BCUT2D eigenvalue weighted by molar-refractivity contribution is 5.78. The van der Waals surface area contributed by atoms with Gasteiger partial charge in [-0.25, -0.2) is 0 Å². The van der Waals surface area contributed by atoms with Crippen LogP contribution in [0, 0.1) is 11.8 Å². The largest absolute Gasteiger partial charge is 0.461 e. The lowest BCUT2D eigenvalue weighted by Gasteiger charge is -2.16. The third kappa shape index (κ3) is 3.68. The van der Waals surface area contributed by atoms with Crippen molar-refractivity contribution in [2.75, 3.05) is 6.61 Å². The Balaban J connectivity index is 1.70. The molecule has 100 valence electrons. The highest BCUT2D eigenvalue weighted by Gasteiger charge is 2.21. The highest BCUT2D eigenvalue weighted by Crippen LogP contribution is 2.13. The van der Waals surface area contributed by atoms with Crippen molar-refractivity contribution in [2.45, 2.75) is 13.0 Å². The Morgan fingerprint density at radius 3 is 1.95 bits per heavy atom. The molecule has 0 N–H and O–H groups in total. The first kappa shape index (κ1) is 13.3. The van der Waals surface area contributed by atoms with Gasteiger partial charge in [-0.2, -0.15) is 0 Å². The quantitative estimate of drug-likeness (QED) is 0.709. The van der Waals surface area contributed by atoms with E-state index in [1.54, 1.807) is 55.5 Å². The van der Waals surface area contributed by atoms with Crippen LogP contribution in [-0.4, -0.2) is 24.6 Å². The summed E-state index contributed by atoms with van der Waals surface area (Å²) in [6, 6.07) is 0. The average molecular weight is 260 g/mol. The maximum atomic E-state index is 11.7. The summed E-state index contributed by atoms with van der Waals surface area (Å²) in [6.07, 6.45) is 13.8. The second-order valence-corrected chi connectivity index (χ2v) is 4.47. The van der Waals surface area contributed by atoms with Gasteiger partial charge in [0.25, 0.3) is 0 Å². The number of hydrogen-bond acceptors (Lipinski definition) is 4. The Morgan fingerprint density at radius 1 is 0.947 bits per heavy atom. The van der Waals surface area contributed by atoms with Crippen LogP contribution in [-0.2, 0) is 19.1 Å². The van der Waals surface area contributed by atoms with Crippen molar-refractivity contribution in [1.82, 2.24) is 0 Å². The topological polar surface area (TPSA) is 52.6 Å². The molecule has 1 unspecified atom stereocenters. The fourth-order valence-electron chi connectivity index (χ4n) is 1.78. The minimum Gasteiger partial charge on any atom is -0.461 e. The van der Waals surface area contributed by atoms with Crippen molar-refractivity contribution in [3.63, 3.8) is 0 Å². The summed E-state index contributed by atoms with van der Waals surface area (Å²) in [4.78, 5) is 23.3. The van der Waals surface area contributed by atoms with Crippen LogP contribution in [0.3, 0.4) is 0 Å². The van der Waals surface area contributed by atoms with Gasteiger partial charge in [0.2, 0.25) is 0 Å². The molecule has 0 amide bonds. The molecule has 0 aliphatic heterocycles. The minimum atomic E-state index is -0.451. The third-order valence-corrected chi connectivity index (χ3v) is 2.82. The number of carbonyl (C=O) groups is 2. The molecule has 0 heterocycles. The third-order valence-electron chi connectivity index (χ3n) is 2.82. The molecule has 0 bridgehead atoms. The lowest BCUT2D eigenvalue weighted by molar-refractivity contribution is -0.159. The van der Waals surface area contributed by atoms with Crippen molar-refractivity contribution in [2.24, 2.45) is 11.8 Å².